The summed E-state index contributed by atoms with van der Waals surface area (Å²) in [6, 6.07) is 10.5. The number of hydrogen-bond donors (Lipinski definition) is 2. The summed E-state index contributed by atoms with van der Waals surface area (Å²) < 4.78 is 11.2. The zero-order valence-corrected chi connectivity index (χ0v) is 20.0. The SMILES string of the molecule is Cc1coc2c(C)c3oc(=O)c(CC(=O)N[C@H](CSCc4ccccc4)C(=O)O)c(C)c3cc12. The van der Waals surface area contributed by atoms with Crippen molar-refractivity contribution >= 4 is 45.6 Å². The second-order valence-electron chi connectivity index (χ2n) is 8.30. The van der Waals surface area contributed by atoms with Gasteiger partial charge in [-0.3, -0.25) is 4.79 Å². The third-order valence-corrected chi connectivity index (χ3v) is 7.01. The Bertz CT molecular complexity index is 1440. The third kappa shape index (κ3) is 4.72. The lowest BCUT2D eigenvalue weighted by atomic mass is 9.99. The monoisotopic (exact) mass is 479 g/mol. The summed E-state index contributed by atoms with van der Waals surface area (Å²) >= 11 is 1.42. The van der Waals surface area contributed by atoms with Crippen molar-refractivity contribution < 1.29 is 23.5 Å². The number of carbonyl (C=O) groups is 2. The number of amides is 1. The van der Waals surface area contributed by atoms with E-state index in [0.29, 0.717) is 22.5 Å². The summed E-state index contributed by atoms with van der Waals surface area (Å²) in [6.45, 7) is 5.53. The molecular formula is C26H25NO6S. The summed E-state index contributed by atoms with van der Waals surface area (Å²) in [5.74, 6) is -0.822. The molecule has 1 amide bonds. The van der Waals surface area contributed by atoms with Crippen LogP contribution in [0.4, 0.5) is 0 Å². The highest BCUT2D eigenvalue weighted by Gasteiger charge is 2.23. The Labute approximate surface area is 200 Å². The number of carboxylic acid groups (broad SMARTS) is 1. The van der Waals surface area contributed by atoms with Gasteiger partial charge in [0.15, 0.2) is 0 Å². The molecule has 0 saturated heterocycles. The molecule has 8 heteroatoms. The van der Waals surface area contributed by atoms with Crippen molar-refractivity contribution in [2.45, 2.75) is 39.0 Å². The zero-order chi connectivity index (χ0) is 24.4. The van der Waals surface area contributed by atoms with Crippen LogP contribution in [0, 0.1) is 20.8 Å². The lowest BCUT2D eigenvalue weighted by Gasteiger charge is -2.15. The predicted molar refractivity (Wildman–Crippen MR) is 132 cm³/mol. The fourth-order valence-electron chi connectivity index (χ4n) is 3.97. The molecule has 0 saturated carbocycles. The molecule has 0 aliphatic heterocycles. The van der Waals surface area contributed by atoms with Crippen LogP contribution < -0.4 is 10.9 Å². The summed E-state index contributed by atoms with van der Waals surface area (Å²) in [4.78, 5) is 37.1. The molecule has 1 atom stereocenters. The largest absolute Gasteiger partial charge is 0.480 e. The van der Waals surface area contributed by atoms with Gasteiger partial charge in [0.2, 0.25) is 5.91 Å². The van der Waals surface area contributed by atoms with E-state index in [1.807, 2.05) is 50.2 Å². The van der Waals surface area contributed by atoms with Crippen molar-refractivity contribution in [3.8, 4) is 0 Å². The second-order valence-corrected chi connectivity index (χ2v) is 9.33. The number of furan rings is 1. The fraction of sp³-hybridized carbons (Fsp3) is 0.269. The minimum atomic E-state index is -1.12. The lowest BCUT2D eigenvalue weighted by molar-refractivity contribution is -0.141. The summed E-state index contributed by atoms with van der Waals surface area (Å²) in [5.41, 5.74) is 4.08. The molecule has 176 valence electrons. The molecule has 2 aromatic carbocycles. The van der Waals surface area contributed by atoms with Crippen molar-refractivity contribution in [2.24, 2.45) is 0 Å². The molecule has 0 aliphatic carbocycles. The number of fused-ring (bicyclic) bond motifs is 2. The van der Waals surface area contributed by atoms with Gasteiger partial charge in [-0.2, -0.15) is 11.8 Å². The molecule has 0 aliphatic rings. The maximum Gasteiger partial charge on any atom is 0.340 e. The van der Waals surface area contributed by atoms with E-state index in [0.717, 1.165) is 27.5 Å². The Morgan fingerprint density at radius 3 is 2.50 bits per heavy atom. The maximum absolute atomic E-state index is 12.7. The smallest absolute Gasteiger partial charge is 0.340 e. The number of carboxylic acids is 1. The van der Waals surface area contributed by atoms with E-state index in [4.69, 9.17) is 8.83 Å². The van der Waals surface area contributed by atoms with Gasteiger partial charge in [-0.15, -0.1) is 0 Å². The molecule has 2 N–H and O–H groups in total. The summed E-state index contributed by atoms with van der Waals surface area (Å²) in [6.07, 6.45) is 1.39. The third-order valence-electron chi connectivity index (χ3n) is 5.90. The molecule has 4 rings (SSSR count). The summed E-state index contributed by atoms with van der Waals surface area (Å²) in [7, 11) is 0. The fourth-order valence-corrected chi connectivity index (χ4v) is 4.98. The molecular weight excluding hydrogens is 454 g/mol. The van der Waals surface area contributed by atoms with Crippen LogP contribution >= 0.6 is 11.8 Å². The van der Waals surface area contributed by atoms with Gasteiger partial charge in [-0.25, -0.2) is 9.59 Å². The Balaban J connectivity index is 1.53. The predicted octanol–water partition coefficient (Wildman–Crippen LogP) is 4.51. The van der Waals surface area contributed by atoms with E-state index < -0.39 is 23.5 Å². The average Bonchev–Trinajstić information content (AvgIpc) is 3.18. The van der Waals surface area contributed by atoms with Crippen LogP contribution in [0.15, 0.2) is 56.3 Å². The van der Waals surface area contributed by atoms with E-state index in [1.54, 1.807) is 13.2 Å². The van der Waals surface area contributed by atoms with Crippen LogP contribution in [0.25, 0.3) is 21.9 Å². The van der Waals surface area contributed by atoms with Crippen LogP contribution in [-0.2, 0) is 21.8 Å². The van der Waals surface area contributed by atoms with Crippen LogP contribution in [0.3, 0.4) is 0 Å². The first-order valence-corrected chi connectivity index (χ1v) is 12.0. The Kier molecular flexibility index (Phi) is 6.79. The van der Waals surface area contributed by atoms with Gasteiger partial charge in [0.1, 0.15) is 17.2 Å². The summed E-state index contributed by atoms with van der Waals surface area (Å²) in [5, 5.41) is 13.7. The average molecular weight is 480 g/mol. The van der Waals surface area contributed by atoms with Gasteiger partial charge < -0.3 is 19.3 Å². The van der Waals surface area contributed by atoms with Crippen LogP contribution in [-0.4, -0.2) is 28.8 Å². The van der Waals surface area contributed by atoms with E-state index in [1.165, 1.54) is 11.8 Å². The first-order chi connectivity index (χ1) is 16.3. The van der Waals surface area contributed by atoms with Gasteiger partial charge in [0.25, 0.3) is 0 Å². The first kappa shape index (κ1) is 23.6. The lowest BCUT2D eigenvalue weighted by Crippen LogP contribution is -2.43. The molecule has 4 aromatic rings. The van der Waals surface area contributed by atoms with Crippen molar-refractivity contribution in [1.29, 1.82) is 0 Å². The normalized spacial score (nSPS) is 12.2. The van der Waals surface area contributed by atoms with Crippen LogP contribution in [0.1, 0.15) is 27.8 Å². The molecule has 0 unspecified atom stereocenters. The molecule has 0 radical (unpaired) electrons. The van der Waals surface area contributed by atoms with Crippen LogP contribution in [0.5, 0.6) is 0 Å². The van der Waals surface area contributed by atoms with Gasteiger partial charge in [0, 0.05) is 27.8 Å². The number of aliphatic carboxylic acids is 1. The Hall–Kier alpha value is -3.52. The minimum absolute atomic E-state index is 0.207. The molecule has 0 bridgehead atoms. The number of aryl methyl sites for hydroxylation is 3. The van der Waals surface area contributed by atoms with E-state index in [-0.39, 0.29) is 17.7 Å². The number of hydrogen-bond acceptors (Lipinski definition) is 6. The zero-order valence-electron chi connectivity index (χ0n) is 19.1. The Morgan fingerprint density at radius 1 is 1.06 bits per heavy atom. The topological polar surface area (TPSA) is 110 Å². The van der Waals surface area contributed by atoms with Crippen molar-refractivity contribution in [1.82, 2.24) is 5.32 Å². The van der Waals surface area contributed by atoms with Gasteiger partial charge in [0.05, 0.1) is 18.2 Å². The number of nitrogens with one attached hydrogen (secondary N) is 1. The molecule has 7 nitrogen and oxygen atoms in total. The van der Waals surface area contributed by atoms with Crippen molar-refractivity contribution in [3.05, 3.63) is 80.9 Å². The first-order valence-electron chi connectivity index (χ1n) is 10.8. The Morgan fingerprint density at radius 2 is 1.79 bits per heavy atom. The van der Waals surface area contributed by atoms with Gasteiger partial charge in [-0.05, 0) is 43.5 Å². The minimum Gasteiger partial charge on any atom is -0.480 e. The quantitative estimate of drug-likeness (QED) is 0.358. The van der Waals surface area contributed by atoms with Gasteiger partial charge in [-0.1, -0.05) is 30.3 Å². The maximum atomic E-state index is 12.7. The van der Waals surface area contributed by atoms with E-state index in [9.17, 15) is 19.5 Å². The molecule has 0 spiro atoms. The highest BCUT2D eigenvalue weighted by molar-refractivity contribution is 7.98. The van der Waals surface area contributed by atoms with E-state index in [2.05, 4.69) is 5.32 Å². The number of carbonyl (C=O) groups excluding carboxylic acids is 1. The van der Waals surface area contributed by atoms with Gasteiger partial charge >= 0.3 is 11.6 Å². The van der Waals surface area contributed by atoms with E-state index >= 15 is 0 Å². The highest BCUT2D eigenvalue weighted by atomic mass is 32.2. The number of rotatable bonds is 8. The van der Waals surface area contributed by atoms with Crippen molar-refractivity contribution in [3.63, 3.8) is 0 Å². The van der Waals surface area contributed by atoms with Crippen molar-refractivity contribution in [2.75, 3.05) is 5.75 Å². The second kappa shape index (κ2) is 9.77. The molecule has 2 aromatic heterocycles. The molecule has 2 heterocycles. The molecule has 0 fully saturated rings. The standard InChI is InChI=1S/C26H25NO6S/c1-14-11-32-23-16(3)24-19(9-18(14)23)15(2)20(26(31)33-24)10-22(28)27-21(25(29)30)13-34-12-17-7-5-4-6-8-17/h4-9,11,21H,10,12-13H2,1-3H3,(H,27,28)(H,29,30)/t21-/m1/s1. The molecule has 34 heavy (non-hydrogen) atoms. The number of benzene rings is 2. The number of thioether (sulfide) groups is 1. The van der Waals surface area contributed by atoms with Crippen LogP contribution in [0.2, 0.25) is 0 Å². The highest BCUT2D eigenvalue weighted by Crippen LogP contribution is 2.32.